The number of halogens is 1. The summed E-state index contributed by atoms with van der Waals surface area (Å²) in [7, 11) is 3.84. The summed E-state index contributed by atoms with van der Waals surface area (Å²) in [5.41, 5.74) is 5.41. The van der Waals surface area contributed by atoms with Crippen molar-refractivity contribution in [3.05, 3.63) is 70.5 Å². The summed E-state index contributed by atoms with van der Waals surface area (Å²) < 4.78 is 8.72. The number of hydrogen-bond acceptors (Lipinski definition) is 5. The van der Waals surface area contributed by atoms with Gasteiger partial charge in [0.05, 0.1) is 18.5 Å². The molecule has 2 aromatic heterocycles. The van der Waals surface area contributed by atoms with Gasteiger partial charge in [-0.15, -0.1) is 0 Å². The summed E-state index contributed by atoms with van der Waals surface area (Å²) >= 11 is 3.63. The van der Waals surface area contributed by atoms with Gasteiger partial charge in [0.25, 0.3) is 0 Å². The van der Waals surface area contributed by atoms with Crippen molar-refractivity contribution in [2.75, 3.05) is 26.0 Å². The van der Waals surface area contributed by atoms with Gasteiger partial charge in [-0.1, -0.05) is 12.1 Å². The van der Waals surface area contributed by atoms with E-state index in [0.717, 1.165) is 52.1 Å². The fraction of sp³-hybridized carbons (Fsp3) is 0.217. The Balaban J connectivity index is 1.54. The zero-order valence-corrected chi connectivity index (χ0v) is 18.5. The van der Waals surface area contributed by atoms with Gasteiger partial charge in [-0.3, -0.25) is 0 Å². The van der Waals surface area contributed by atoms with Gasteiger partial charge in [0.1, 0.15) is 11.4 Å². The van der Waals surface area contributed by atoms with Crippen molar-refractivity contribution in [2.24, 2.45) is 0 Å². The van der Waals surface area contributed by atoms with Crippen LogP contribution >= 0.6 is 15.9 Å². The first kappa shape index (κ1) is 19.1. The highest BCUT2D eigenvalue weighted by atomic mass is 79.9. The van der Waals surface area contributed by atoms with E-state index in [4.69, 9.17) is 9.72 Å². The van der Waals surface area contributed by atoms with E-state index in [1.54, 1.807) is 7.11 Å². The smallest absolute Gasteiger partial charge is 0.229 e. The Hall–Kier alpha value is -2.90. The molecule has 0 unspecified atom stereocenters. The van der Waals surface area contributed by atoms with Crippen molar-refractivity contribution in [3.8, 4) is 11.4 Å². The molecule has 0 bridgehead atoms. The first-order valence-electron chi connectivity index (χ1n) is 9.87. The molecule has 1 N–H and O–H groups in total. The van der Waals surface area contributed by atoms with E-state index in [-0.39, 0.29) is 0 Å². The van der Waals surface area contributed by atoms with Crippen LogP contribution in [0.5, 0.6) is 5.75 Å². The summed E-state index contributed by atoms with van der Waals surface area (Å²) in [6.45, 7) is 1.99. The Kier molecular flexibility index (Phi) is 4.92. The van der Waals surface area contributed by atoms with E-state index in [2.05, 4.69) is 60.9 Å². The second kappa shape index (κ2) is 7.74. The summed E-state index contributed by atoms with van der Waals surface area (Å²) in [6.07, 6.45) is 4.89. The molecule has 0 aliphatic carbocycles. The maximum atomic E-state index is 5.65. The molecule has 7 heteroatoms. The minimum atomic E-state index is 0.539. The number of hydrogen-bond donors (Lipinski definition) is 1. The third-order valence-electron chi connectivity index (χ3n) is 5.51. The summed E-state index contributed by atoms with van der Waals surface area (Å²) in [5.74, 6) is 1.35. The molecular formula is C23H22BrN5O. The molecule has 6 nitrogen and oxygen atoms in total. The van der Waals surface area contributed by atoms with E-state index in [9.17, 15) is 0 Å². The third-order valence-corrected chi connectivity index (χ3v) is 6.18. The van der Waals surface area contributed by atoms with Crippen molar-refractivity contribution in [2.45, 2.75) is 13.0 Å². The second-order valence-corrected chi connectivity index (χ2v) is 8.40. The predicted molar refractivity (Wildman–Crippen MR) is 123 cm³/mol. The van der Waals surface area contributed by atoms with Crippen LogP contribution < -0.4 is 10.1 Å². The average molecular weight is 464 g/mol. The molecule has 0 amide bonds. The van der Waals surface area contributed by atoms with Crippen LogP contribution in [0.3, 0.4) is 0 Å². The number of anilines is 2. The van der Waals surface area contributed by atoms with Crippen molar-refractivity contribution >= 4 is 38.6 Å². The lowest BCUT2D eigenvalue weighted by Crippen LogP contribution is -2.26. The minimum Gasteiger partial charge on any atom is -0.495 e. The molecule has 0 radical (unpaired) electrons. The number of likely N-dealkylation sites (N-methyl/N-ethyl adjacent to an activating group) is 1. The lowest BCUT2D eigenvalue weighted by molar-refractivity contribution is 0.312. The predicted octanol–water partition coefficient (Wildman–Crippen LogP) is 4.92. The number of nitrogens with one attached hydrogen (secondary N) is 1. The number of para-hydroxylation sites is 1. The largest absolute Gasteiger partial charge is 0.495 e. The maximum absolute atomic E-state index is 5.65. The molecule has 0 saturated carbocycles. The molecular weight excluding hydrogens is 442 g/mol. The fourth-order valence-corrected chi connectivity index (χ4v) is 4.41. The van der Waals surface area contributed by atoms with Gasteiger partial charge < -0.3 is 19.5 Å². The van der Waals surface area contributed by atoms with Crippen molar-refractivity contribution in [1.29, 1.82) is 0 Å². The number of rotatable bonds is 4. The van der Waals surface area contributed by atoms with Crippen molar-refractivity contribution < 1.29 is 4.74 Å². The van der Waals surface area contributed by atoms with Gasteiger partial charge in [0.2, 0.25) is 5.95 Å². The van der Waals surface area contributed by atoms with Crippen molar-refractivity contribution in [1.82, 2.24) is 19.4 Å². The van der Waals surface area contributed by atoms with Crippen LogP contribution in [0.15, 0.2) is 59.3 Å². The number of fused-ring (bicyclic) bond motifs is 2. The minimum absolute atomic E-state index is 0.539. The Morgan fingerprint density at radius 2 is 2.00 bits per heavy atom. The Bertz CT molecular complexity index is 1240. The maximum Gasteiger partial charge on any atom is 0.229 e. The standard InChI is InChI=1S/C23H22BrN5O/c1-28-9-7-15-12-21(30-2)19(11-17(15)14-28)26-23-25-13-16-8-10-29(22(16)27-23)20-6-4-3-5-18(20)24/h3-6,8,10-13H,7,9,14H2,1-2H3,(H,25,26,27). The van der Waals surface area contributed by atoms with Gasteiger partial charge in [-0.2, -0.15) is 4.98 Å². The topological polar surface area (TPSA) is 55.2 Å². The van der Waals surface area contributed by atoms with Gasteiger partial charge in [0.15, 0.2) is 0 Å². The first-order chi connectivity index (χ1) is 14.6. The molecule has 4 aromatic rings. The molecule has 0 saturated heterocycles. The van der Waals surface area contributed by atoms with Crippen LogP contribution in [0.2, 0.25) is 0 Å². The van der Waals surface area contributed by atoms with Crippen LogP contribution in [0.4, 0.5) is 11.6 Å². The lowest BCUT2D eigenvalue weighted by Gasteiger charge is -2.26. The molecule has 152 valence electrons. The molecule has 1 aliphatic heterocycles. The zero-order valence-electron chi connectivity index (χ0n) is 16.9. The first-order valence-corrected chi connectivity index (χ1v) is 10.7. The number of nitrogens with zero attached hydrogens (tertiary/aromatic N) is 4. The monoisotopic (exact) mass is 463 g/mol. The third kappa shape index (κ3) is 3.44. The van der Waals surface area contributed by atoms with E-state index in [1.807, 2.05) is 36.7 Å². The quantitative estimate of drug-likeness (QED) is 0.465. The summed E-state index contributed by atoms with van der Waals surface area (Å²) in [5, 5.41) is 4.35. The highest BCUT2D eigenvalue weighted by molar-refractivity contribution is 9.10. The van der Waals surface area contributed by atoms with Crippen LogP contribution in [-0.4, -0.2) is 40.1 Å². The summed E-state index contributed by atoms with van der Waals surface area (Å²) in [6, 6.07) is 14.4. The highest BCUT2D eigenvalue weighted by Crippen LogP contribution is 2.33. The molecule has 0 spiro atoms. The Morgan fingerprint density at radius 3 is 2.83 bits per heavy atom. The fourth-order valence-electron chi connectivity index (χ4n) is 3.93. The Labute approximate surface area is 183 Å². The number of ether oxygens (including phenoxy) is 1. The van der Waals surface area contributed by atoms with Crippen LogP contribution in [-0.2, 0) is 13.0 Å². The van der Waals surface area contributed by atoms with Gasteiger partial charge in [0, 0.05) is 35.3 Å². The molecule has 5 rings (SSSR count). The molecule has 30 heavy (non-hydrogen) atoms. The van der Waals surface area contributed by atoms with Gasteiger partial charge >= 0.3 is 0 Å². The SMILES string of the molecule is COc1cc2c(cc1Nc1ncc3ccn(-c4ccccc4Br)c3n1)CN(C)CC2. The zero-order chi connectivity index (χ0) is 20.7. The lowest BCUT2D eigenvalue weighted by atomic mass is 9.99. The van der Waals surface area contributed by atoms with Crippen LogP contribution in [0, 0.1) is 0 Å². The van der Waals surface area contributed by atoms with E-state index >= 15 is 0 Å². The van der Waals surface area contributed by atoms with E-state index in [0.29, 0.717) is 5.95 Å². The molecule has 2 aromatic carbocycles. The summed E-state index contributed by atoms with van der Waals surface area (Å²) in [4.78, 5) is 11.7. The van der Waals surface area contributed by atoms with E-state index < -0.39 is 0 Å². The number of methoxy groups -OCH3 is 1. The highest BCUT2D eigenvalue weighted by Gasteiger charge is 2.18. The average Bonchev–Trinajstić information content (AvgIpc) is 3.16. The van der Waals surface area contributed by atoms with Gasteiger partial charge in [-0.25, -0.2) is 4.98 Å². The van der Waals surface area contributed by atoms with Crippen molar-refractivity contribution in [3.63, 3.8) is 0 Å². The molecule has 0 atom stereocenters. The van der Waals surface area contributed by atoms with Crippen LogP contribution in [0.1, 0.15) is 11.1 Å². The van der Waals surface area contributed by atoms with E-state index in [1.165, 1.54) is 11.1 Å². The normalized spacial score (nSPS) is 14.0. The molecule has 1 aliphatic rings. The second-order valence-electron chi connectivity index (χ2n) is 7.54. The number of aromatic nitrogens is 3. The Morgan fingerprint density at radius 1 is 1.13 bits per heavy atom. The van der Waals surface area contributed by atoms with Crippen LogP contribution in [0.25, 0.3) is 16.7 Å². The van der Waals surface area contributed by atoms with Gasteiger partial charge in [-0.05, 0) is 70.9 Å². The molecule has 0 fully saturated rings. The number of benzene rings is 2. The molecule has 3 heterocycles.